The maximum atomic E-state index is 12.4. The van der Waals surface area contributed by atoms with E-state index in [0.29, 0.717) is 6.54 Å². The molecule has 0 bridgehead atoms. The van der Waals surface area contributed by atoms with E-state index in [2.05, 4.69) is 22.3 Å². The highest BCUT2D eigenvalue weighted by Crippen LogP contribution is 2.32. The summed E-state index contributed by atoms with van der Waals surface area (Å²) in [6.45, 7) is 4.09. The normalized spacial score (nSPS) is 15.8. The number of amides is 2. The third-order valence-electron chi connectivity index (χ3n) is 4.82. The molecule has 2 heterocycles. The lowest BCUT2D eigenvalue weighted by molar-refractivity contribution is 0.174. The molecule has 2 aliphatic rings. The smallest absolute Gasteiger partial charge is 0.317 e. The average Bonchev–Trinajstić information content (AvgIpc) is 3.16. The zero-order chi connectivity index (χ0) is 17.8. The Balaban J connectivity index is 1.22. The van der Waals surface area contributed by atoms with Gasteiger partial charge < -0.3 is 24.6 Å². The summed E-state index contributed by atoms with van der Waals surface area (Å²) in [4.78, 5) is 16.6. The molecule has 2 aromatic rings. The van der Waals surface area contributed by atoms with Gasteiger partial charge in [-0.2, -0.15) is 0 Å². The van der Waals surface area contributed by atoms with Crippen LogP contribution in [0, 0.1) is 0 Å². The Labute approximate surface area is 153 Å². The molecule has 2 aromatic carbocycles. The quantitative estimate of drug-likeness (QED) is 0.918. The van der Waals surface area contributed by atoms with Gasteiger partial charge in [-0.05, 0) is 36.2 Å². The highest BCUT2D eigenvalue weighted by molar-refractivity contribution is 5.74. The molecule has 0 atom stereocenters. The molecule has 1 N–H and O–H groups in total. The summed E-state index contributed by atoms with van der Waals surface area (Å²) in [5.41, 5.74) is 2.35. The molecular formula is C20H23N3O3. The van der Waals surface area contributed by atoms with Crippen LogP contribution in [0.2, 0.25) is 0 Å². The van der Waals surface area contributed by atoms with E-state index in [4.69, 9.17) is 9.47 Å². The highest BCUT2D eigenvalue weighted by Gasteiger charge is 2.21. The molecule has 0 radical (unpaired) electrons. The van der Waals surface area contributed by atoms with Crippen molar-refractivity contribution in [2.45, 2.75) is 6.42 Å². The molecule has 2 amide bonds. The number of para-hydroxylation sites is 1. The number of benzene rings is 2. The molecule has 4 rings (SSSR count). The van der Waals surface area contributed by atoms with Gasteiger partial charge in [-0.3, -0.25) is 0 Å². The topological polar surface area (TPSA) is 54.0 Å². The summed E-state index contributed by atoms with van der Waals surface area (Å²) in [5, 5.41) is 3.02. The third kappa shape index (κ3) is 3.69. The van der Waals surface area contributed by atoms with Crippen molar-refractivity contribution in [3.63, 3.8) is 0 Å². The SMILES string of the molecule is O=C(NCCc1ccc2c(c1)OCO2)N1CCN(c2ccccc2)CC1. The van der Waals surface area contributed by atoms with Crippen molar-refractivity contribution in [2.24, 2.45) is 0 Å². The number of nitrogens with one attached hydrogen (secondary N) is 1. The Morgan fingerprint density at radius 3 is 2.54 bits per heavy atom. The predicted octanol–water partition coefficient (Wildman–Crippen LogP) is 2.49. The van der Waals surface area contributed by atoms with Gasteiger partial charge in [0.25, 0.3) is 0 Å². The van der Waals surface area contributed by atoms with E-state index < -0.39 is 0 Å². The first-order chi connectivity index (χ1) is 12.8. The number of piperazine rings is 1. The number of ether oxygens (including phenoxy) is 2. The van der Waals surface area contributed by atoms with Crippen LogP contribution in [0.15, 0.2) is 48.5 Å². The molecule has 0 aliphatic carbocycles. The Morgan fingerprint density at radius 1 is 0.962 bits per heavy atom. The molecule has 0 saturated carbocycles. The Bertz CT molecular complexity index is 758. The predicted molar refractivity (Wildman–Crippen MR) is 99.9 cm³/mol. The maximum Gasteiger partial charge on any atom is 0.317 e. The van der Waals surface area contributed by atoms with Gasteiger partial charge in [-0.25, -0.2) is 4.79 Å². The number of hydrogen-bond acceptors (Lipinski definition) is 4. The standard InChI is InChI=1S/C20H23N3O3/c24-20(21-9-8-16-6-7-18-19(14-16)26-15-25-18)23-12-10-22(11-13-23)17-4-2-1-3-5-17/h1-7,14H,8-13,15H2,(H,21,24). The Kier molecular flexibility index (Phi) is 4.82. The zero-order valence-corrected chi connectivity index (χ0v) is 14.7. The van der Waals surface area contributed by atoms with E-state index >= 15 is 0 Å². The number of hydrogen-bond donors (Lipinski definition) is 1. The van der Waals surface area contributed by atoms with Crippen LogP contribution in [0.4, 0.5) is 10.5 Å². The van der Waals surface area contributed by atoms with Gasteiger partial charge >= 0.3 is 6.03 Å². The second-order valence-electron chi connectivity index (χ2n) is 6.48. The molecule has 0 spiro atoms. The molecule has 0 unspecified atom stereocenters. The molecule has 26 heavy (non-hydrogen) atoms. The number of anilines is 1. The van der Waals surface area contributed by atoms with Crippen LogP contribution in [-0.2, 0) is 6.42 Å². The number of carbonyl (C=O) groups excluding carboxylic acids is 1. The van der Waals surface area contributed by atoms with Crippen molar-refractivity contribution in [1.29, 1.82) is 0 Å². The van der Waals surface area contributed by atoms with Crippen LogP contribution in [-0.4, -0.2) is 50.4 Å². The number of carbonyl (C=O) groups is 1. The largest absolute Gasteiger partial charge is 0.454 e. The van der Waals surface area contributed by atoms with Crippen LogP contribution >= 0.6 is 0 Å². The first kappa shape index (κ1) is 16.6. The number of rotatable bonds is 4. The fourth-order valence-electron chi connectivity index (χ4n) is 3.33. The highest BCUT2D eigenvalue weighted by atomic mass is 16.7. The summed E-state index contributed by atoms with van der Waals surface area (Å²) in [7, 11) is 0. The minimum Gasteiger partial charge on any atom is -0.454 e. The minimum absolute atomic E-state index is 0.0125. The van der Waals surface area contributed by atoms with Crippen LogP contribution < -0.4 is 19.7 Å². The number of nitrogens with zero attached hydrogens (tertiary/aromatic N) is 2. The second-order valence-corrected chi connectivity index (χ2v) is 6.48. The van der Waals surface area contributed by atoms with E-state index in [1.165, 1.54) is 5.69 Å². The van der Waals surface area contributed by atoms with Gasteiger partial charge in [0, 0.05) is 38.4 Å². The molecule has 1 saturated heterocycles. The van der Waals surface area contributed by atoms with E-state index in [1.54, 1.807) is 0 Å². The van der Waals surface area contributed by atoms with Crippen LogP contribution in [0.25, 0.3) is 0 Å². The van der Waals surface area contributed by atoms with Gasteiger partial charge in [0.1, 0.15) is 0 Å². The molecular weight excluding hydrogens is 330 g/mol. The van der Waals surface area contributed by atoms with E-state index in [-0.39, 0.29) is 12.8 Å². The molecule has 0 aromatic heterocycles. The van der Waals surface area contributed by atoms with Crippen molar-refractivity contribution >= 4 is 11.7 Å². The summed E-state index contributed by atoms with van der Waals surface area (Å²) in [6.07, 6.45) is 0.770. The Hall–Kier alpha value is -2.89. The van der Waals surface area contributed by atoms with Crippen LogP contribution in [0.1, 0.15) is 5.56 Å². The van der Waals surface area contributed by atoms with Crippen molar-refractivity contribution < 1.29 is 14.3 Å². The lowest BCUT2D eigenvalue weighted by Crippen LogP contribution is -2.52. The van der Waals surface area contributed by atoms with Crippen molar-refractivity contribution in [3.8, 4) is 11.5 Å². The lowest BCUT2D eigenvalue weighted by atomic mass is 10.1. The monoisotopic (exact) mass is 353 g/mol. The van der Waals surface area contributed by atoms with Crippen molar-refractivity contribution in [2.75, 3.05) is 44.4 Å². The van der Waals surface area contributed by atoms with Crippen LogP contribution in [0.3, 0.4) is 0 Å². The van der Waals surface area contributed by atoms with Crippen molar-refractivity contribution in [1.82, 2.24) is 10.2 Å². The average molecular weight is 353 g/mol. The lowest BCUT2D eigenvalue weighted by Gasteiger charge is -2.36. The molecule has 2 aliphatic heterocycles. The van der Waals surface area contributed by atoms with E-state index in [9.17, 15) is 4.79 Å². The molecule has 136 valence electrons. The van der Waals surface area contributed by atoms with E-state index in [1.807, 2.05) is 41.3 Å². The third-order valence-corrected chi connectivity index (χ3v) is 4.82. The summed E-state index contributed by atoms with van der Waals surface area (Å²) >= 11 is 0. The first-order valence-electron chi connectivity index (χ1n) is 9.01. The summed E-state index contributed by atoms with van der Waals surface area (Å²) < 4.78 is 10.7. The fraction of sp³-hybridized carbons (Fsp3) is 0.350. The molecule has 6 nitrogen and oxygen atoms in total. The van der Waals surface area contributed by atoms with Gasteiger partial charge in [-0.15, -0.1) is 0 Å². The van der Waals surface area contributed by atoms with Crippen LogP contribution in [0.5, 0.6) is 11.5 Å². The van der Waals surface area contributed by atoms with Gasteiger partial charge in [-0.1, -0.05) is 24.3 Å². The van der Waals surface area contributed by atoms with Gasteiger partial charge in [0.2, 0.25) is 6.79 Å². The number of urea groups is 1. The molecule has 1 fully saturated rings. The fourth-order valence-corrected chi connectivity index (χ4v) is 3.33. The minimum atomic E-state index is 0.0125. The first-order valence-corrected chi connectivity index (χ1v) is 9.01. The van der Waals surface area contributed by atoms with E-state index in [0.717, 1.165) is 49.7 Å². The van der Waals surface area contributed by atoms with Gasteiger partial charge in [0.05, 0.1) is 0 Å². The number of fused-ring (bicyclic) bond motifs is 1. The maximum absolute atomic E-state index is 12.4. The second kappa shape index (κ2) is 7.56. The van der Waals surface area contributed by atoms with Gasteiger partial charge in [0.15, 0.2) is 11.5 Å². The summed E-state index contributed by atoms with van der Waals surface area (Å²) in [6, 6.07) is 16.3. The molecule has 6 heteroatoms. The zero-order valence-electron chi connectivity index (χ0n) is 14.7. The summed E-state index contributed by atoms with van der Waals surface area (Å²) in [5.74, 6) is 1.57. The Morgan fingerprint density at radius 2 is 1.73 bits per heavy atom. The van der Waals surface area contributed by atoms with Crippen molar-refractivity contribution in [3.05, 3.63) is 54.1 Å².